The summed E-state index contributed by atoms with van der Waals surface area (Å²) in [6.07, 6.45) is 0. The van der Waals surface area contributed by atoms with Crippen molar-refractivity contribution in [3.63, 3.8) is 0 Å². The highest BCUT2D eigenvalue weighted by Crippen LogP contribution is 2.31. The summed E-state index contributed by atoms with van der Waals surface area (Å²) in [6, 6.07) is 28.3. The van der Waals surface area contributed by atoms with Crippen molar-refractivity contribution >= 4 is 17.6 Å². The first-order chi connectivity index (χ1) is 20.1. The summed E-state index contributed by atoms with van der Waals surface area (Å²) >= 11 is 0. The van der Waals surface area contributed by atoms with E-state index in [0.717, 1.165) is 22.6 Å². The largest absolute Gasteiger partial charge is 0.493 e. The fourth-order valence-electron chi connectivity index (χ4n) is 4.86. The van der Waals surface area contributed by atoms with Gasteiger partial charge in [0, 0.05) is 43.9 Å². The minimum Gasteiger partial charge on any atom is -0.493 e. The Morgan fingerprint density at radius 3 is 2.10 bits per heavy atom. The molecule has 5 rings (SSSR count). The van der Waals surface area contributed by atoms with Crippen LogP contribution >= 0.6 is 0 Å². The van der Waals surface area contributed by atoms with Gasteiger partial charge in [0.2, 0.25) is 5.91 Å². The second kappa shape index (κ2) is 13.0. The highest BCUT2D eigenvalue weighted by atomic mass is 16.5. The summed E-state index contributed by atoms with van der Waals surface area (Å²) in [4.78, 5) is 32.2. The van der Waals surface area contributed by atoms with Gasteiger partial charge in [0.25, 0.3) is 5.91 Å². The second-order valence-electron chi connectivity index (χ2n) is 9.73. The number of carbonyl (C=O) groups is 2. The van der Waals surface area contributed by atoms with Crippen LogP contribution in [0.5, 0.6) is 11.5 Å². The van der Waals surface area contributed by atoms with E-state index in [1.54, 1.807) is 31.3 Å². The SMILES string of the molecule is COc1ccc(-c2ccc(N3CCN(C(=O)CN(Cc4ccccc4)C(=O)c4ccccc4)CC3)nn2)cc1OC. The van der Waals surface area contributed by atoms with Gasteiger partial charge in [-0.3, -0.25) is 9.59 Å². The van der Waals surface area contributed by atoms with E-state index in [0.29, 0.717) is 49.8 Å². The Labute approximate surface area is 239 Å². The van der Waals surface area contributed by atoms with Crippen LogP contribution in [0.3, 0.4) is 0 Å². The standard InChI is InChI=1S/C32H33N5O4/c1-40-28-15-13-26(21-29(28)41-2)27-14-16-30(34-33-27)35-17-19-36(20-18-35)31(38)23-37(22-24-9-5-3-6-10-24)32(39)25-11-7-4-8-12-25/h3-16,21H,17-20,22-23H2,1-2H3. The number of methoxy groups -OCH3 is 2. The van der Waals surface area contributed by atoms with E-state index in [4.69, 9.17) is 9.47 Å². The number of hydrogen-bond acceptors (Lipinski definition) is 7. The van der Waals surface area contributed by atoms with Crippen LogP contribution in [0.1, 0.15) is 15.9 Å². The summed E-state index contributed by atoms with van der Waals surface area (Å²) in [5.41, 5.74) is 3.15. The number of aromatic nitrogens is 2. The molecule has 0 N–H and O–H groups in total. The number of piperazine rings is 1. The van der Waals surface area contributed by atoms with Crippen molar-refractivity contribution in [2.75, 3.05) is 51.8 Å². The number of hydrogen-bond donors (Lipinski definition) is 0. The van der Waals surface area contributed by atoms with Gasteiger partial charge in [-0.1, -0.05) is 48.5 Å². The lowest BCUT2D eigenvalue weighted by Crippen LogP contribution is -2.52. The van der Waals surface area contributed by atoms with Gasteiger partial charge in [0.1, 0.15) is 6.54 Å². The smallest absolute Gasteiger partial charge is 0.254 e. The molecule has 0 atom stereocenters. The molecule has 1 aliphatic heterocycles. The van der Waals surface area contributed by atoms with E-state index < -0.39 is 0 Å². The van der Waals surface area contributed by atoms with Crippen molar-refractivity contribution in [1.82, 2.24) is 20.0 Å². The monoisotopic (exact) mass is 551 g/mol. The number of amides is 2. The predicted molar refractivity (Wildman–Crippen MR) is 157 cm³/mol. The molecule has 3 aromatic carbocycles. The maximum atomic E-state index is 13.3. The summed E-state index contributed by atoms with van der Waals surface area (Å²) in [5, 5.41) is 8.87. The predicted octanol–water partition coefficient (Wildman–Crippen LogP) is 4.15. The third kappa shape index (κ3) is 6.63. The molecule has 0 bridgehead atoms. The van der Waals surface area contributed by atoms with Crippen molar-refractivity contribution in [2.24, 2.45) is 0 Å². The zero-order chi connectivity index (χ0) is 28.6. The number of rotatable bonds is 9. The first kappa shape index (κ1) is 27.6. The van der Waals surface area contributed by atoms with Gasteiger partial charge in [-0.15, -0.1) is 10.2 Å². The molecule has 210 valence electrons. The summed E-state index contributed by atoms with van der Waals surface area (Å²) in [6.45, 7) is 2.71. The van der Waals surface area contributed by atoms with Crippen LogP contribution in [-0.2, 0) is 11.3 Å². The summed E-state index contributed by atoms with van der Waals surface area (Å²) in [5.74, 6) is 1.81. The lowest BCUT2D eigenvalue weighted by molar-refractivity contribution is -0.132. The van der Waals surface area contributed by atoms with Gasteiger partial charge in [-0.05, 0) is 48.0 Å². The molecule has 1 saturated heterocycles. The minimum atomic E-state index is -0.161. The van der Waals surface area contributed by atoms with Gasteiger partial charge >= 0.3 is 0 Å². The highest BCUT2D eigenvalue weighted by Gasteiger charge is 2.26. The second-order valence-corrected chi connectivity index (χ2v) is 9.73. The molecule has 41 heavy (non-hydrogen) atoms. The molecule has 0 radical (unpaired) electrons. The Bertz CT molecular complexity index is 1460. The topological polar surface area (TPSA) is 88.1 Å². The fourth-order valence-corrected chi connectivity index (χ4v) is 4.86. The summed E-state index contributed by atoms with van der Waals surface area (Å²) < 4.78 is 10.7. The molecule has 2 amide bonds. The van der Waals surface area contributed by atoms with Crippen LogP contribution in [0.15, 0.2) is 91.0 Å². The van der Waals surface area contributed by atoms with Crippen molar-refractivity contribution < 1.29 is 19.1 Å². The molecule has 0 aliphatic carbocycles. The molecular formula is C32H33N5O4. The Hall–Kier alpha value is -4.92. The third-order valence-electron chi connectivity index (χ3n) is 7.14. The molecule has 0 spiro atoms. The van der Waals surface area contributed by atoms with E-state index in [1.165, 1.54) is 0 Å². The van der Waals surface area contributed by atoms with Crippen molar-refractivity contribution in [1.29, 1.82) is 0 Å². The zero-order valence-corrected chi connectivity index (χ0v) is 23.3. The van der Waals surface area contributed by atoms with Crippen LogP contribution < -0.4 is 14.4 Å². The van der Waals surface area contributed by atoms with E-state index in [-0.39, 0.29) is 18.4 Å². The van der Waals surface area contributed by atoms with Crippen LogP contribution in [-0.4, -0.2) is 78.8 Å². The molecular weight excluding hydrogens is 518 g/mol. The van der Waals surface area contributed by atoms with Gasteiger partial charge in [-0.2, -0.15) is 0 Å². The van der Waals surface area contributed by atoms with E-state index in [2.05, 4.69) is 15.1 Å². The molecule has 1 aliphatic rings. The first-order valence-corrected chi connectivity index (χ1v) is 13.5. The molecule has 4 aromatic rings. The molecule has 0 unspecified atom stereocenters. The number of ether oxygens (including phenoxy) is 2. The molecule has 9 heteroatoms. The third-order valence-corrected chi connectivity index (χ3v) is 7.14. The van der Waals surface area contributed by atoms with Crippen LogP contribution in [0.4, 0.5) is 5.82 Å². The Morgan fingerprint density at radius 2 is 1.46 bits per heavy atom. The molecule has 0 saturated carbocycles. The normalized spacial score (nSPS) is 13.0. The maximum absolute atomic E-state index is 13.3. The van der Waals surface area contributed by atoms with E-state index >= 15 is 0 Å². The van der Waals surface area contributed by atoms with Crippen LogP contribution in [0.25, 0.3) is 11.3 Å². The van der Waals surface area contributed by atoms with Crippen LogP contribution in [0, 0.1) is 0 Å². The minimum absolute atomic E-state index is 0.0163. The van der Waals surface area contributed by atoms with E-state index in [9.17, 15) is 9.59 Å². The Balaban J connectivity index is 1.21. The lowest BCUT2D eigenvalue weighted by atomic mass is 10.1. The molecule has 2 heterocycles. The van der Waals surface area contributed by atoms with Gasteiger partial charge in [0.05, 0.1) is 19.9 Å². The number of anilines is 1. The zero-order valence-electron chi connectivity index (χ0n) is 23.3. The molecule has 1 fully saturated rings. The average molecular weight is 552 g/mol. The van der Waals surface area contributed by atoms with Crippen molar-refractivity contribution in [3.8, 4) is 22.8 Å². The first-order valence-electron chi connectivity index (χ1n) is 13.5. The lowest BCUT2D eigenvalue weighted by Gasteiger charge is -2.36. The Kier molecular flexibility index (Phi) is 8.73. The number of benzene rings is 3. The van der Waals surface area contributed by atoms with Crippen LogP contribution in [0.2, 0.25) is 0 Å². The maximum Gasteiger partial charge on any atom is 0.254 e. The highest BCUT2D eigenvalue weighted by molar-refractivity contribution is 5.96. The number of carbonyl (C=O) groups excluding carboxylic acids is 2. The fraction of sp³-hybridized carbons (Fsp3) is 0.250. The average Bonchev–Trinajstić information content (AvgIpc) is 3.04. The van der Waals surface area contributed by atoms with E-state index in [1.807, 2.05) is 83.8 Å². The quantitative estimate of drug-likeness (QED) is 0.309. The van der Waals surface area contributed by atoms with Gasteiger partial charge in [-0.25, -0.2) is 0 Å². The number of nitrogens with zero attached hydrogens (tertiary/aromatic N) is 5. The van der Waals surface area contributed by atoms with Gasteiger partial charge < -0.3 is 24.2 Å². The van der Waals surface area contributed by atoms with Crippen molar-refractivity contribution in [2.45, 2.75) is 6.54 Å². The Morgan fingerprint density at radius 1 is 0.780 bits per heavy atom. The molecule has 9 nitrogen and oxygen atoms in total. The molecule has 1 aromatic heterocycles. The summed E-state index contributed by atoms with van der Waals surface area (Å²) in [7, 11) is 3.20. The van der Waals surface area contributed by atoms with Crippen molar-refractivity contribution in [3.05, 3.63) is 102 Å². The van der Waals surface area contributed by atoms with Gasteiger partial charge in [0.15, 0.2) is 17.3 Å².